The summed E-state index contributed by atoms with van der Waals surface area (Å²) in [5.74, 6) is -4.46. The zero-order valence-corrected chi connectivity index (χ0v) is 17.4. The molecule has 1 saturated carbocycles. The van der Waals surface area contributed by atoms with E-state index in [1.807, 2.05) is 0 Å². The van der Waals surface area contributed by atoms with Gasteiger partial charge in [0.2, 0.25) is 0 Å². The number of esters is 2. The number of hydrogen-bond donors (Lipinski definition) is 1. The van der Waals surface area contributed by atoms with Gasteiger partial charge in [-0.25, -0.2) is 0 Å². The summed E-state index contributed by atoms with van der Waals surface area (Å²) in [5.41, 5.74) is -1.23. The second-order valence-corrected chi connectivity index (χ2v) is 7.10. The van der Waals surface area contributed by atoms with E-state index in [2.05, 4.69) is 0 Å². The van der Waals surface area contributed by atoms with Crippen molar-refractivity contribution < 1.29 is 38.4 Å². The number of ketones is 1. The van der Waals surface area contributed by atoms with Gasteiger partial charge in [0.05, 0.1) is 39.0 Å². The Morgan fingerprint density at radius 3 is 2.21 bits per heavy atom. The molecule has 0 heterocycles. The van der Waals surface area contributed by atoms with Crippen LogP contribution in [0.25, 0.3) is 0 Å². The van der Waals surface area contributed by atoms with Crippen molar-refractivity contribution in [3.05, 3.63) is 23.8 Å². The van der Waals surface area contributed by atoms with E-state index in [1.54, 1.807) is 32.0 Å². The van der Waals surface area contributed by atoms with E-state index in [1.165, 1.54) is 21.1 Å². The fourth-order valence-corrected chi connectivity index (χ4v) is 3.94. The fraction of sp³-hybridized carbons (Fsp3) is 0.571. The maximum atomic E-state index is 12.8. The monoisotopic (exact) mass is 408 g/mol. The number of methoxy groups -OCH3 is 2. The minimum atomic E-state index is -1.69. The average Bonchev–Trinajstić information content (AvgIpc) is 2.66. The van der Waals surface area contributed by atoms with Crippen molar-refractivity contribution in [1.82, 2.24) is 0 Å². The predicted molar refractivity (Wildman–Crippen MR) is 103 cm³/mol. The van der Waals surface area contributed by atoms with Crippen molar-refractivity contribution in [3.8, 4) is 11.5 Å². The molecule has 29 heavy (non-hydrogen) atoms. The Morgan fingerprint density at radius 2 is 1.66 bits per heavy atom. The van der Waals surface area contributed by atoms with Crippen molar-refractivity contribution in [1.29, 1.82) is 0 Å². The minimum Gasteiger partial charge on any atom is -0.493 e. The third kappa shape index (κ3) is 4.53. The number of benzene rings is 1. The van der Waals surface area contributed by atoms with Crippen LogP contribution in [-0.2, 0) is 23.9 Å². The third-order valence-corrected chi connectivity index (χ3v) is 5.14. The van der Waals surface area contributed by atoms with E-state index in [0.29, 0.717) is 17.1 Å². The van der Waals surface area contributed by atoms with E-state index in [-0.39, 0.29) is 19.6 Å². The van der Waals surface area contributed by atoms with Crippen LogP contribution in [-0.4, -0.2) is 55.9 Å². The molecule has 1 fully saturated rings. The summed E-state index contributed by atoms with van der Waals surface area (Å²) in [4.78, 5) is 38.3. The molecule has 8 nitrogen and oxygen atoms in total. The van der Waals surface area contributed by atoms with Crippen LogP contribution in [0.1, 0.15) is 38.7 Å². The van der Waals surface area contributed by atoms with Crippen molar-refractivity contribution in [3.63, 3.8) is 0 Å². The molecule has 0 bridgehead atoms. The smallest absolute Gasteiger partial charge is 0.317 e. The Morgan fingerprint density at radius 1 is 1.07 bits per heavy atom. The van der Waals surface area contributed by atoms with E-state index in [0.717, 1.165) is 0 Å². The molecule has 160 valence electrons. The number of hydrogen-bond acceptors (Lipinski definition) is 8. The second kappa shape index (κ2) is 9.26. The molecule has 0 amide bonds. The van der Waals surface area contributed by atoms with Gasteiger partial charge in [-0.3, -0.25) is 14.4 Å². The molecule has 8 heteroatoms. The molecule has 0 saturated heterocycles. The second-order valence-electron chi connectivity index (χ2n) is 7.10. The van der Waals surface area contributed by atoms with E-state index in [4.69, 9.17) is 18.9 Å². The molecule has 1 aromatic carbocycles. The number of rotatable bonds is 7. The summed E-state index contributed by atoms with van der Waals surface area (Å²) < 4.78 is 20.9. The lowest BCUT2D eigenvalue weighted by atomic mass is 9.61. The largest absolute Gasteiger partial charge is 0.493 e. The summed E-state index contributed by atoms with van der Waals surface area (Å²) >= 11 is 0. The van der Waals surface area contributed by atoms with Gasteiger partial charge in [0.1, 0.15) is 5.92 Å². The molecular weight excluding hydrogens is 380 g/mol. The maximum absolute atomic E-state index is 12.8. The van der Waals surface area contributed by atoms with Gasteiger partial charge in [0.25, 0.3) is 0 Å². The number of Topliss-reactive ketones (excluding diaryl/α,β-unsaturated/α-hetero) is 1. The van der Waals surface area contributed by atoms with Crippen LogP contribution in [0.3, 0.4) is 0 Å². The molecular formula is C21H28O8. The molecule has 1 aromatic rings. The van der Waals surface area contributed by atoms with Crippen LogP contribution in [0.4, 0.5) is 0 Å². The first-order valence-electron chi connectivity index (χ1n) is 9.52. The fourth-order valence-electron chi connectivity index (χ4n) is 3.94. The van der Waals surface area contributed by atoms with Crippen molar-refractivity contribution in [2.24, 2.45) is 11.8 Å². The first kappa shape index (κ1) is 22.7. The van der Waals surface area contributed by atoms with Crippen molar-refractivity contribution in [2.75, 3.05) is 27.4 Å². The standard InChI is InChI=1S/C21H28O8/c1-6-28-19(23)17-13(22)11-21(3,25)18(20(24)29-7-2)16(17)12-8-9-14(26-4)15(10-12)27-5/h8-10,16-18,25H,6-7,11H2,1-5H3/t16-,17+,18-,21-/m0/s1. The normalized spacial score (nSPS) is 26.6. The van der Waals surface area contributed by atoms with Gasteiger partial charge in [-0.1, -0.05) is 6.07 Å². The average molecular weight is 408 g/mol. The Balaban J connectivity index is 2.67. The van der Waals surface area contributed by atoms with E-state index in [9.17, 15) is 19.5 Å². The van der Waals surface area contributed by atoms with Crippen LogP contribution in [0.5, 0.6) is 11.5 Å². The van der Waals surface area contributed by atoms with E-state index >= 15 is 0 Å². The SMILES string of the molecule is CCOC(=O)[C@@H]1C(=O)C[C@](C)(O)[C@H](C(=O)OCC)[C@H]1c1ccc(OC)c(OC)c1. The van der Waals surface area contributed by atoms with Crippen LogP contribution in [0, 0.1) is 11.8 Å². The molecule has 4 atom stereocenters. The topological polar surface area (TPSA) is 108 Å². The maximum Gasteiger partial charge on any atom is 0.317 e. The summed E-state index contributed by atoms with van der Waals surface area (Å²) in [6.07, 6.45) is -0.357. The molecule has 0 aromatic heterocycles. The lowest BCUT2D eigenvalue weighted by molar-refractivity contribution is -0.172. The van der Waals surface area contributed by atoms with Gasteiger partial charge >= 0.3 is 11.9 Å². The van der Waals surface area contributed by atoms with Gasteiger partial charge in [-0.2, -0.15) is 0 Å². The number of ether oxygens (including phenoxy) is 4. The lowest BCUT2D eigenvalue weighted by Crippen LogP contribution is -2.55. The molecule has 1 aliphatic rings. The molecule has 0 spiro atoms. The lowest BCUT2D eigenvalue weighted by Gasteiger charge is -2.43. The quantitative estimate of drug-likeness (QED) is 0.538. The molecule has 2 rings (SSSR count). The van der Waals surface area contributed by atoms with Crippen LogP contribution >= 0.6 is 0 Å². The zero-order chi connectivity index (χ0) is 21.8. The van der Waals surface area contributed by atoms with Crippen LogP contribution in [0.15, 0.2) is 18.2 Å². The summed E-state index contributed by atoms with van der Waals surface area (Å²) in [7, 11) is 2.94. The first-order valence-corrected chi connectivity index (χ1v) is 9.52. The van der Waals surface area contributed by atoms with Crippen LogP contribution < -0.4 is 9.47 Å². The van der Waals surface area contributed by atoms with Gasteiger partial charge < -0.3 is 24.1 Å². The molecule has 0 radical (unpaired) electrons. The Bertz CT molecular complexity index is 770. The molecule has 1 aliphatic carbocycles. The Labute approximate surface area is 170 Å². The highest BCUT2D eigenvalue weighted by molar-refractivity contribution is 6.02. The summed E-state index contributed by atoms with van der Waals surface area (Å²) in [6, 6.07) is 4.85. The third-order valence-electron chi connectivity index (χ3n) is 5.14. The van der Waals surface area contributed by atoms with Crippen molar-refractivity contribution >= 4 is 17.7 Å². The zero-order valence-electron chi connectivity index (χ0n) is 17.4. The van der Waals surface area contributed by atoms with Gasteiger partial charge in [-0.05, 0) is 38.5 Å². The number of carbonyl (C=O) groups excluding carboxylic acids is 3. The highest BCUT2D eigenvalue weighted by Crippen LogP contribution is 2.48. The van der Waals surface area contributed by atoms with E-state index < -0.39 is 41.1 Å². The van der Waals surface area contributed by atoms with Gasteiger partial charge in [-0.15, -0.1) is 0 Å². The van der Waals surface area contributed by atoms with Crippen LogP contribution in [0.2, 0.25) is 0 Å². The Hall–Kier alpha value is -2.61. The minimum absolute atomic E-state index is 0.0851. The highest BCUT2D eigenvalue weighted by atomic mass is 16.5. The number of carbonyl (C=O) groups is 3. The van der Waals surface area contributed by atoms with Gasteiger partial charge in [0, 0.05) is 12.3 Å². The summed E-state index contributed by atoms with van der Waals surface area (Å²) in [6.45, 7) is 4.87. The van der Waals surface area contributed by atoms with Crippen molar-refractivity contribution in [2.45, 2.75) is 38.7 Å². The number of aliphatic hydroxyl groups is 1. The predicted octanol–water partition coefficient (Wildman–Crippen LogP) is 1.87. The van der Waals surface area contributed by atoms with Gasteiger partial charge in [0.15, 0.2) is 17.3 Å². The Kier molecular flexibility index (Phi) is 7.24. The first-order chi connectivity index (χ1) is 13.7. The molecule has 0 aliphatic heterocycles. The molecule has 0 unspecified atom stereocenters. The highest BCUT2D eigenvalue weighted by Gasteiger charge is 2.57. The summed E-state index contributed by atoms with van der Waals surface area (Å²) in [5, 5.41) is 11.0. The molecule has 1 N–H and O–H groups in total.